The zero-order chi connectivity index (χ0) is 15.9. The van der Waals surface area contributed by atoms with Crippen LogP contribution in [0, 0.1) is 5.41 Å². The Labute approximate surface area is 125 Å². The van der Waals surface area contributed by atoms with Gasteiger partial charge < -0.3 is 9.79 Å². The summed E-state index contributed by atoms with van der Waals surface area (Å²) < 4.78 is 12.1. The van der Waals surface area contributed by atoms with Gasteiger partial charge in [-0.25, -0.2) is 0 Å². The summed E-state index contributed by atoms with van der Waals surface area (Å²) in [6, 6.07) is 0. The van der Waals surface area contributed by atoms with Gasteiger partial charge in [0.25, 0.3) is 0 Å². The number of unbranched alkanes of at least 4 members (excludes halogenated alkanes) is 3. The van der Waals surface area contributed by atoms with Gasteiger partial charge >= 0.3 is 7.60 Å². The lowest BCUT2D eigenvalue weighted by Crippen LogP contribution is -2.45. The number of rotatable bonds is 11. The molecule has 0 aliphatic heterocycles. The molecule has 0 fully saturated rings. The van der Waals surface area contributed by atoms with Gasteiger partial charge in [0.1, 0.15) is 0 Å². The molecule has 0 spiro atoms. The van der Waals surface area contributed by atoms with E-state index in [0.29, 0.717) is 6.42 Å². The van der Waals surface area contributed by atoms with Crippen LogP contribution in [0.5, 0.6) is 0 Å². The van der Waals surface area contributed by atoms with Crippen molar-refractivity contribution in [3.05, 3.63) is 0 Å². The van der Waals surface area contributed by atoms with Crippen molar-refractivity contribution in [1.82, 2.24) is 0 Å². The fraction of sp³-hybridized carbons (Fsp3) is 1.00. The topological polar surface area (TPSA) is 57.5 Å². The van der Waals surface area contributed by atoms with Crippen molar-refractivity contribution in [2.24, 2.45) is 5.41 Å². The molecule has 0 amide bonds. The Morgan fingerprint density at radius 1 is 0.850 bits per heavy atom. The van der Waals surface area contributed by atoms with Crippen LogP contribution < -0.4 is 0 Å². The Hall–Kier alpha value is 0.150. The van der Waals surface area contributed by atoms with E-state index in [-0.39, 0.29) is 5.41 Å². The minimum atomic E-state index is -4.11. The molecular formula is C16H35O3P. The molecule has 0 heterocycles. The van der Waals surface area contributed by atoms with Crippen LogP contribution in [0.3, 0.4) is 0 Å². The summed E-state index contributed by atoms with van der Waals surface area (Å²) >= 11 is 0. The second-order valence-corrected chi connectivity index (χ2v) is 8.44. The van der Waals surface area contributed by atoms with E-state index >= 15 is 0 Å². The molecule has 3 nitrogen and oxygen atoms in total. The Morgan fingerprint density at radius 2 is 1.45 bits per heavy atom. The molecule has 0 saturated carbocycles. The van der Waals surface area contributed by atoms with Gasteiger partial charge in [-0.3, -0.25) is 4.57 Å². The highest BCUT2D eigenvalue weighted by molar-refractivity contribution is 7.53. The third kappa shape index (κ3) is 4.32. The molecule has 0 aliphatic rings. The van der Waals surface area contributed by atoms with Gasteiger partial charge in [0.15, 0.2) is 0 Å². The minimum absolute atomic E-state index is 0.233. The number of hydrogen-bond donors (Lipinski definition) is 2. The van der Waals surface area contributed by atoms with E-state index in [9.17, 15) is 14.4 Å². The zero-order valence-electron chi connectivity index (χ0n) is 14.1. The van der Waals surface area contributed by atoms with Crippen LogP contribution in [-0.2, 0) is 4.57 Å². The fourth-order valence-corrected chi connectivity index (χ4v) is 5.07. The van der Waals surface area contributed by atoms with Crippen molar-refractivity contribution in [2.75, 3.05) is 0 Å². The monoisotopic (exact) mass is 306 g/mol. The molecule has 0 rings (SSSR count). The van der Waals surface area contributed by atoms with E-state index in [1.165, 1.54) is 19.3 Å². The Balaban J connectivity index is 5.32. The summed E-state index contributed by atoms with van der Waals surface area (Å²) in [6.45, 7) is 10.1. The predicted octanol–water partition coefficient (Wildman–Crippen LogP) is 5.50. The standard InChI is InChI=1S/C16H35O3P/c1-6-10-11-12-14-16(9-4,13-7-2)15(5,8-3)20(17,18)19/h6-14H2,1-5H3,(H2,17,18,19). The summed E-state index contributed by atoms with van der Waals surface area (Å²) in [4.78, 5) is 19.9. The molecular weight excluding hydrogens is 271 g/mol. The molecule has 122 valence electrons. The van der Waals surface area contributed by atoms with Crippen molar-refractivity contribution in [3.63, 3.8) is 0 Å². The van der Waals surface area contributed by atoms with Crippen LogP contribution in [0.1, 0.15) is 92.4 Å². The maximum atomic E-state index is 12.1. The molecule has 0 aliphatic carbocycles. The maximum absolute atomic E-state index is 12.1. The smallest absolute Gasteiger partial charge is 0.324 e. The summed E-state index contributed by atoms with van der Waals surface area (Å²) in [5, 5.41) is -0.892. The molecule has 0 bridgehead atoms. The first-order chi connectivity index (χ1) is 9.24. The minimum Gasteiger partial charge on any atom is -0.324 e. The van der Waals surface area contributed by atoms with Gasteiger partial charge in [-0.1, -0.05) is 59.8 Å². The molecule has 2 atom stereocenters. The third-order valence-corrected chi connectivity index (χ3v) is 7.46. The van der Waals surface area contributed by atoms with E-state index in [1.54, 1.807) is 0 Å². The summed E-state index contributed by atoms with van der Waals surface area (Å²) in [5.41, 5.74) is -0.233. The third-order valence-electron chi connectivity index (χ3n) is 5.39. The van der Waals surface area contributed by atoms with Gasteiger partial charge in [-0.05, 0) is 38.0 Å². The normalized spacial score (nSPS) is 18.6. The molecule has 0 aromatic rings. The highest BCUT2D eigenvalue weighted by atomic mass is 31.2. The van der Waals surface area contributed by atoms with Crippen molar-refractivity contribution in [3.8, 4) is 0 Å². The SMILES string of the molecule is CCCCCCC(CC)(CCC)C(C)(CC)P(=O)(O)O. The van der Waals surface area contributed by atoms with E-state index in [4.69, 9.17) is 0 Å². The Morgan fingerprint density at radius 3 is 1.80 bits per heavy atom. The van der Waals surface area contributed by atoms with Crippen molar-refractivity contribution in [1.29, 1.82) is 0 Å². The Kier molecular flexibility index (Phi) is 8.62. The maximum Gasteiger partial charge on any atom is 0.331 e. The average molecular weight is 306 g/mol. The van der Waals surface area contributed by atoms with Crippen LogP contribution in [0.4, 0.5) is 0 Å². The van der Waals surface area contributed by atoms with Crippen LogP contribution in [0.15, 0.2) is 0 Å². The lowest BCUT2D eigenvalue weighted by Gasteiger charge is -2.48. The van der Waals surface area contributed by atoms with Gasteiger partial charge in [-0.2, -0.15) is 0 Å². The van der Waals surface area contributed by atoms with Crippen molar-refractivity contribution < 1.29 is 14.4 Å². The fourth-order valence-electron chi connectivity index (χ4n) is 3.66. The predicted molar refractivity (Wildman–Crippen MR) is 87.1 cm³/mol. The van der Waals surface area contributed by atoms with Crippen molar-refractivity contribution >= 4 is 7.60 Å². The number of hydrogen-bond acceptors (Lipinski definition) is 1. The van der Waals surface area contributed by atoms with Crippen LogP contribution in [-0.4, -0.2) is 14.9 Å². The second-order valence-electron chi connectivity index (χ2n) is 6.37. The lowest BCUT2D eigenvalue weighted by molar-refractivity contribution is 0.118. The van der Waals surface area contributed by atoms with Crippen molar-refractivity contribution in [2.45, 2.75) is 97.6 Å². The largest absolute Gasteiger partial charge is 0.331 e. The molecule has 20 heavy (non-hydrogen) atoms. The zero-order valence-corrected chi connectivity index (χ0v) is 15.0. The van der Waals surface area contributed by atoms with E-state index < -0.39 is 12.8 Å². The van der Waals surface area contributed by atoms with E-state index in [1.807, 2.05) is 13.8 Å². The van der Waals surface area contributed by atoms with Gasteiger partial charge in [0.2, 0.25) is 0 Å². The highest BCUT2D eigenvalue weighted by Crippen LogP contribution is 2.64. The molecule has 2 N–H and O–H groups in total. The quantitative estimate of drug-likeness (QED) is 0.391. The molecule has 0 aromatic heterocycles. The van der Waals surface area contributed by atoms with Gasteiger partial charge in [-0.15, -0.1) is 0 Å². The second kappa shape index (κ2) is 8.56. The Bertz CT molecular complexity index is 313. The first-order valence-electron chi connectivity index (χ1n) is 8.30. The summed E-state index contributed by atoms with van der Waals surface area (Å²) in [7, 11) is -4.11. The first-order valence-corrected chi connectivity index (χ1v) is 9.91. The average Bonchev–Trinajstić information content (AvgIpc) is 2.40. The molecule has 4 heteroatoms. The molecule has 0 aromatic carbocycles. The van der Waals surface area contributed by atoms with Gasteiger partial charge in [0, 0.05) is 0 Å². The van der Waals surface area contributed by atoms with Crippen LogP contribution in [0.2, 0.25) is 0 Å². The van der Waals surface area contributed by atoms with Crippen LogP contribution in [0.25, 0.3) is 0 Å². The highest BCUT2D eigenvalue weighted by Gasteiger charge is 2.55. The van der Waals surface area contributed by atoms with Crippen LogP contribution >= 0.6 is 7.60 Å². The molecule has 2 unspecified atom stereocenters. The van der Waals surface area contributed by atoms with E-state index in [0.717, 1.165) is 32.1 Å². The van der Waals surface area contributed by atoms with Gasteiger partial charge in [0.05, 0.1) is 5.16 Å². The summed E-state index contributed by atoms with van der Waals surface area (Å²) in [5.74, 6) is 0. The van der Waals surface area contributed by atoms with E-state index in [2.05, 4.69) is 20.8 Å². The molecule has 0 saturated heterocycles. The summed E-state index contributed by atoms with van der Waals surface area (Å²) in [6.07, 6.45) is 8.87. The first kappa shape index (κ1) is 20.1. The lowest BCUT2D eigenvalue weighted by atomic mass is 9.66. The molecule has 0 radical (unpaired) electrons.